The van der Waals surface area contributed by atoms with Gasteiger partial charge in [-0.1, -0.05) is 19.1 Å². The second kappa shape index (κ2) is 6.18. The molecule has 1 aromatic carbocycles. The van der Waals surface area contributed by atoms with Crippen LogP contribution in [0.1, 0.15) is 43.9 Å². The van der Waals surface area contributed by atoms with Crippen LogP contribution in [0, 0.1) is 18.3 Å². The number of nitriles is 1. The first-order valence-electron chi connectivity index (χ1n) is 7.94. The van der Waals surface area contributed by atoms with Crippen LogP contribution in [0.15, 0.2) is 24.3 Å². The van der Waals surface area contributed by atoms with Gasteiger partial charge in [-0.3, -0.25) is 0 Å². The Labute approximate surface area is 131 Å². The second-order valence-corrected chi connectivity index (χ2v) is 5.86. The third-order valence-electron chi connectivity index (χ3n) is 4.30. The highest BCUT2D eigenvalue weighted by Gasteiger charge is 2.26. The molecule has 1 saturated heterocycles. The number of benzene rings is 1. The minimum atomic E-state index is 0.418. The van der Waals surface area contributed by atoms with E-state index in [1.54, 1.807) is 4.80 Å². The minimum Gasteiger partial charge on any atom is -0.350 e. The van der Waals surface area contributed by atoms with E-state index in [1.165, 1.54) is 12.8 Å². The summed E-state index contributed by atoms with van der Waals surface area (Å²) in [4.78, 5) is 3.85. The summed E-state index contributed by atoms with van der Waals surface area (Å²) in [5, 5.41) is 18.4. The van der Waals surface area contributed by atoms with Crippen molar-refractivity contribution in [3.8, 4) is 11.8 Å². The molecule has 5 nitrogen and oxygen atoms in total. The number of hydrogen-bond acceptors (Lipinski definition) is 4. The van der Waals surface area contributed by atoms with Crippen molar-refractivity contribution < 1.29 is 0 Å². The van der Waals surface area contributed by atoms with Gasteiger partial charge in [-0.15, -0.1) is 15.0 Å². The molecule has 2 heterocycles. The Kier molecular flexibility index (Phi) is 4.10. The summed E-state index contributed by atoms with van der Waals surface area (Å²) in [7, 11) is 0. The maximum absolute atomic E-state index is 9.43. The van der Waals surface area contributed by atoms with Crippen molar-refractivity contribution in [3.63, 3.8) is 0 Å². The Balaban J connectivity index is 2.00. The van der Waals surface area contributed by atoms with E-state index in [4.69, 9.17) is 0 Å². The van der Waals surface area contributed by atoms with Gasteiger partial charge in [0.2, 0.25) is 5.69 Å². The van der Waals surface area contributed by atoms with Crippen molar-refractivity contribution in [2.45, 2.75) is 45.6 Å². The molecule has 114 valence electrons. The standard InChI is InChI=1S/C17H21N5/c1-3-14-8-4-5-10-21(14)17-16(12-18)19-22(20-17)15-9-6-7-13(2)11-15/h6-7,9,11,14H,3-5,8,10H2,1-2H3/t14-/m1/s1. The molecule has 22 heavy (non-hydrogen) atoms. The Bertz CT molecular complexity index is 697. The predicted octanol–water partition coefficient (Wildman–Crippen LogP) is 3.22. The minimum absolute atomic E-state index is 0.418. The molecule has 0 N–H and O–H groups in total. The van der Waals surface area contributed by atoms with Crippen LogP contribution in [-0.4, -0.2) is 27.6 Å². The average Bonchev–Trinajstić information content (AvgIpc) is 2.99. The van der Waals surface area contributed by atoms with Crippen LogP contribution in [0.2, 0.25) is 0 Å². The first-order valence-corrected chi connectivity index (χ1v) is 7.94. The molecule has 0 unspecified atom stereocenters. The average molecular weight is 295 g/mol. The van der Waals surface area contributed by atoms with Crippen molar-refractivity contribution >= 4 is 5.82 Å². The fraction of sp³-hybridized carbons (Fsp3) is 0.471. The molecule has 1 aliphatic rings. The molecule has 3 rings (SSSR count). The van der Waals surface area contributed by atoms with Gasteiger partial charge in [0.1, 0.15) is 6.07 Å². The van der Waals surface area contributed by atoms with Crippen LogP contribution in [0.3, 0.4) is 0 Å². The smallest absolute Gasteiger partial charge is 0.207 e. The van der Waals surface area contributed by atoms with Crippen LogP contribution in [-0.2, 0) is 0 Å². The Morgan fingerprint density at radius 1 is 1.32 bits per heavy atom. The number of piperidine rings is 1. The molecule has 1 aliphatic heterocycles. The van der Waals surface area contributed by atoms with E-state index in [-0.39, 0.29) is 0 Å². The van der Waals surface area contributed by atoms with Crippen LogP contribution in [0.5, 0.6) is 0 Å². The number of aryl methyl sites for hydroxylation is 1. The molecular formula is C17H21N5. The van der Waals surface area contributed by atoms with Gasteiger partial charge in [-0.25, -0.2) is 0 Å². The SMILES string of the molecule is CC[C@@H]1CCCCN1c1nn(-c2cccc(C)c2)nc1C#N. The normalized spacial score (nSPS) is 18.2. The van der Waals surface area contributed by atoms with E-state index in [2.05, 4.69) is 28.1 Å². The van der Waals surface area contributed by atoms with Crippen LogP contribution in [0.4, 0.5) is 5.82 Å². The summed E-state index contributed by atoms with van der Waals surface area (Å²) < 4.78 is 0. The highest BCUT2D eigenvalue weighted by molar-refractivity contribution is 5.51. The van der Waals surface area contributed by atoms with Crippen LogP contribution < -0.4 is 4.90 Å². The van der Waals surface area contributed by atoms with Gasteiger partial charge >= 0.3 is 0 Å². The maximum Gasteiger partial charge on any atom is 0.207 e. The number of hydrogen-bond donors (Lipinski definition) is 0. The first kappa shape index (κ1) is 14.6. The second-order valence-electron chi connectivity index (χ2n) is 5.86. The number of aromatic nitrogens is 3. The van der Waals surface area contributed by atoms with Crippen molar-refractivity contribution in [1.82, 2.24) is 15.0 Å². The lowest BCUT2D eigenvalue weighted by Gasteiger charge is -2.35. The van der Waals surface area contributed by atoms with Gasteiger partial charge in [0.25, 0.3) is 0 Å². The highest BCUT2D eigenvalue weighted by Crippen LogP contribution is 2.27. The van der Waals surface area contributed by atoms with Gasteiger partial charge in [0.05, 0.1) is 5.69 Å². The van der Waals surface area contributed by atoms with E-state index in [1.807, 2.05) is 31.2 Å². The molecule has 1 aromatic heterocycles. The Morgan fingerprint density at radius 2 is 2.18 bits per heavy atom. The van der Waals surface area contributed by atoms with E-state index < -0.39 is 0 Å². The molecule has 0 spiro atoms. The fourth-order valence-corrected chi connectivity index (χ4v) is 3.14. The topological polar surface area (TPSA) is 57.7 Å². The lowest BCUT2D eigenvalue weighted by Crippen LogP contribution is -2.39. The molecule has 1 atom stereocenters. The Morgan fingerprint density at radius 3 is 2.91 bits per heavy atom. The summed E-state index contributed by atoms with van der Waals surface area (Å²) in [6.07, 6.45) is 4.64. The molecular weight excluding hydrogens is 274 g/mol. The van der Waals surface area contributed by atoms with Gasteiger partial charge in [0.15, 0.2) is 5.82 Å². The van der Waals surface area contributed by atoms with Gasteiger partial charge in [-0.05, 0) is 50.3 Å². The summed E-state index contributed by atoms with van der Waals surface area (Å²) in [6.45, 7) is 5.19. The van der Waals surface area contributed by atoms with Crippen molar-refractivity contribution in [1.29, 1.82) is 5.26 Å². The van der Waals surface area contributed by atoms with Crippen LogP contribution in [0.25, 0.3) is 5.69 Å². The summed E-state index contributed by atoms with van der Waals surface area (Å²) >= 11 is 0. The predicted molar refractivity (Wildman–Crippen MR) is 86.1 cm³/mol. The van der Waals surface area contributed by atoms with Crippen molar-refractivity contribution in [2.75, 3.05) is 11.4 Å². The monoisotopic (exact) mass is 295 g/mol. The lowest BCUT2D eigenvalue weighted by molar-refractivity contribution is 0.446. The Hall–Kier alpha value is -2.35. The summed E-state index contributed by atoms with van der Waals surface area (Å²) in [5.74, 6) is 0.732. The molecule has 5 heteroatoms. The molecule has 0 bridgehead atoms. The zero-order chi connectivity index (χ0) is 15.5. The summed E-state index contributed by atoms with van der Waals surface area (Å²) in [5.41, 5.74) is 2.47. The highest BCUT2D eigenvalue weighted by atomic mass is 15.5. The molecule has 1 fully saturated rings. The first-order chi connectivity index (χ1) is 10.7. The number of nitrogens with zero attached hydrogens (tertiary/aromatic N) is 5. The van der Waals surface area contributed by atoms with Crippen molar-refractivity contribution in [3.05, 3.63) is 35.5 Å². The van der Waals surface area contributed by atoms with Gasteiger partial charge in [-0.2, -0.15) is 5.26 Å². The molecule has 0 radical (unpaired) electrons. The summed E-state index contributed by atoms with van der Waals surface area (Å²) in [6, 6.07) is 10.7. The van der Waals surface area contributed by atoms with Crippen LogP contribution >= 0.6 is 0 Å². The van der Waals surface area contributed by atoms with E-state index in [0.29, 0.717) is 11.7 Å². The third kappa shape index (κ3) is 2.69. The third-order valence-corrected chi connectivity index (χ3v) is 4.30. The van der Waals surface area contributed by atoms with E-state index >= 15 is 0 Å². The molecule has 0 saturated carbocycles. The fourth-order valence-electron chi connectivity index (χ4n) is 3.14. The molecule has 0 aliphatic carbocycles. The van der Waals surface area contributed by atoms with Gasteiger partial charge in [0, 0.05) is 12.6 Å². The molecule has 0 amide bonds. The van der Waals surface area contributed by atoms with E-state index in [0.717, 1.165) is 36.5 Å². The number of rotatable bonds is 3. The largest absolute Gasteiger partial charge is 0.350 e. The van der Waals surface area contributed by atoms with Gasteiger partial charge < -0.3 is 4.90 Å². The van der Waals surface area contributed by atoms with Crippen molar-refractivity contribution in [2.24, 2.45) is 0 Å². The maximum atomic E-state index is 9.43. The molecule has 2 aromatic rings. The number of anilines is 1. The lowest BCUT2D eigenvalue weighted by atomic mass is 10.00. The zero-order valence-corrected chi connectivity index (χ0v) is 13.2. The van der Waals surface area contributed by atoms with E-state index in [9.17, 15) is 5.26 Å². The quantitative estimate of drug-likeness (QED) is 0.872. The zero-order valence-electron chi connectivity index (χ0n) is 13.2.